The lowest BCUT2D eigenvalue weighted by Gasteiger charge is -1.97. The van der Waals surface area contributed by atoms with Gasteiger partial charge in [0.1, 0.15) is 5.76 Å². The minimum atomic E-state index is 0.220. The maximum Gasteiger partial charge on any atom is 0.277 e. The summed E-state index contributed by atoms with van der Waals surface area (Å²) in [7, 11) is 0. The van der Waals surface area contributed by atoms with Crippen molar-refractivity contribution in [3.8, 4) is 34.3 Å². The number of benzene rings is 1. The van der Waals surface area contributed by atoms with Gasteiger partial charge in [-0.15, -0.1) is 10.2 Å². The quantitative estimate of drug-likeness (QED) is 0.472. The van der Waals surface area contributed by atoms with Gasteiger partial charge in [0.25, 0.3) is 11.1 Å². The fourth-order valence-electron chi connectivity index (χ4n) is 2.57. The predicted octanol–water partition coefficient (Wildman–Crippen LogP) is 3.71. The van der Waals surface area contributed by atoms with Gasteiger partial charge >= 0.3 is 0 Å². The number of fused-ring (bicyclic) bond motifs is 1. The molecule has 1 aromatic carbocycles. The van der Waals surface area contributed by atoms with Crippen molar-refractivity contribution in [3.63, 3.8) is 0 Å². The molecule has 0 fully saturated rings. The molecule has 0 radical (unpaired) electrons. The van der Waals surface area contributed by atoms with Crippen LogP contribution in [0.4, 0.5) is 0 Å². The Bertz CT molecular complexity index is 1100. The fourth-order valence-corrected chi connectivity index (χ4v) is 3.17. The number of hydrogen-bond acceptors (Lipinski definition) is 10. The third-order valence-electron chi connectivity index (χ3n) is 3.91. The Kier molecular flexibility index (Phi) is 3.82. The second kappa shape index (κ2) is 6.47. The van der Waals surface area contributed by atoms with Gasteiger partial charge in [0, 0.05) is 5.56 Å². The van der Waals surface area contributed by atoms with E-state index in [0.29, 0.717) is 40.1 Å². The minimum Gasteiger partial charge on any atom is -0.469 e. The zero-order chi connectivity index (χ0) is 18.2. The molecule has 0 saturated carbocycles. The van der Waals surface area contributed by atoms with E-state index in [9.17, 15) is 0 Å². The average Bonchev–Trinajstić information content (AvgIpc) is 3.45. The Hall–Kier alpha value is -3.27. The van der Waals surface area contributed by atoms with E-state index in [1.807, 2.05) is 25.1 Å². The Balaban J connectivity index is 1.28. The van der Waals surface area contributed by atoms with Crippen LogP contribution in [0.3, 0.4) is 0 Å². The van der Waals surface area contributed by atoms with Crippen LogP contribution >= 0.6 is 11.8 Å². The van der Waals surface area contributed by atoms with Crippen molar-refractivity contribution in [1.29, 1.82) is 0 Å². The third-order valence-corrected chi connectivity index (χ3v) is 4.72. The molecule has 0 aliphatic carbocycles. The van der Waals surface area contributed by atoms with Gasteiger partial charge in [0.05, 0.1) is 17.6 Å². The number of nitrogens with zero attached hydrogens (tertiary/aromatic N) is 4. The van der Waals surface area contributed by atoms with Crippen molar-refractivity contribution in [1.82, 2.24) is 20.3 Å². The third kappa shape index (κ3) is 3.04. The standard InChI is InChI=1S/C17H12N4O5S/c1-9-11(4-5-22-9)16-19-20-17(25-16)27-7-14-18-15(21-26-14)10-2-3-12-13(6-10)24-8-23-12/h2-6H,7-8H2,1H3. The lowest BCUT2D eigenvalue weighted by Crippen LogP contribution is -1.92. The Labute approximate surface area is 156 Å². The largest absolute Gasteiger partial charge is 0.469 e. The monoisotopic (exact) mass is 384 g/mol. The van der Waals surface area contributed by atoms with E-state index >= 15 is 0 Å². The molecular weight excluding hydrogens is 372 g/mol. The summed E-state index contributed by atoms with van der Waals surface area (Å²) in [6, 6.07) is 7.28. The van der Waals surface area contributed by atoms with Crippen molar-refractivity contribution in [2.24, 2.45) is 0 Å². The average molecular weight is 384 g/mol. The number of hydrogen-bond donors (Lipinski definition) is 0. The molecular formula is C17H12N4O5S. The van der Waals surface area contributed by atoms with E-state index in [0.717, 1.165) is 16.9 Å². The highest BCUT2D eigenvalue weighted by molar-refractivity contribution is 7.98. The van der Waals surface area contributed by atoms with Crippen molar-refractivity contribution < 1.29 is 22.8 Å². The number of thioether (sulfide) groups is 1. The van der Waals surface area contributed by atoms with E-state index in [-0.39, 0.29) is 6.79 Å². The highest BCUT2D eigenvalue weighted by atomic mass is 32.2. The Morgan fingerprint density at radius 1 is 1.11 bits per heavy atom. The van der Waals surface area contributed by atoms with E-state index in [2.05, 4.69) is 20.3 Å². The van der Waals surface area contributed by atoms with Crippen molar-refractivity contribution in [3.05, 3.63) is 42.2 Å². The molecule has 1 aliphatic rings. The van der Waals surface area contributed by atoms with Crippen molar-refractivity contribution in [2.45, 2.75) is 17.9 Å². The first-order chi connectivity index (χ1) is 13.3. The van der Waals surface area contributed by atoms with Gasteiger partial charge < -0.3 is 22.8 Å². The Morgan fingerprint density at radius 2 is 2.04 bits per heavy atom. The van der Waals surface area contributed by atoms with Crippen molar-refractivity contribution >= 4 is 11.8 Å². The second-order valence-electron chi connectivity index (χ2n) is 5.63. The lowest BCUT2D eigenvalue weighted by molar-refractivity contribution is 0.174. The highest BCUT2D eigenvalue weighted by Gasteiger charge is 2.18. The van der Waals surface area contributed by atoms with Crippen LogP contribution in [-0.4, -0.2) is 27.1 Å². The van der Waals surface area contributed by atoms with Crippen LogP contribution in [0.25, 0.3) is 22.8 Å². The molecule has 0 saturated heterocycles. The van der Waals surface area contributed by atoms with Crippen LogP contribution in [0.2, 0.25) is 0 Å². The minimum absolute atomic E-state index is 0.220. The molecule has 0 spiro atoms. The number of ether oxygens (including phenoxy) is 2. The predicted molar refractivity (Wildman–Crippen MR) is 92.2 cm³/mol. The first kappa shape index (κ1) is 15.9. The topological polar surface area (TPSA) is 109 Å². The number of aryl methyl sites for hydroxylation is 1. The molecule has 4 heterocycles. The summed E-state index contributed by atoms with van der Waals surface area (Å²) in [5, 5.41) is 12.5. The van der Waals surface area contributed by atoms with Crippen LogP contribution < -0.4 is 9.47 Å². The van der Waals surface area contributed by atoms with Gasteiger partial charge in [-0.05, 0) is 31.2 Å². The van der Waals surface area contributed by atoms with Gasteiger partial charge in [0.2, 0.25) is 18.5 Å². The molecule has 10 heteroatoms. The maximum absolute atomic E-state index is 5.63. The van der Waals surface area contributed by atoms with Gasteiger partial charge in [-0.25, -0.2) is 0 Å². The first-order valence-corrected chi connectivity index (χ1v) is 8.98. The van der Waals surface area contributed by atoms with Gasteiger partial charge in [-0.1, -0.05) is 16.9 Å². The van der Waals surface area contributed by atoms with Crippen LogP contribution in [0.5, 0.6) is 11.5 Å². The van der Waals surface area contributed by atoms with Crippen LogP contribution in [-0.2, 0) is 5.75 Å². The second-order valence-corrected chi connectivity index (χ2v) is 6.56. The SMILES string of the molecule is Cc1occc1-c1nnc(SCc2nc(-c3ccc4c(c3)OCO4)no2)o1. The zero-order valence-corrected chi connectivity index (χ0v) is 14.9. The van der Waals surface area contributed by atoms with E-state index in [1.165, 1.54) is 11.8 Å². The molecule has 4 aromatic rings. The smallest absolute Gasteiger partial charge is 0.277 e. The van der Waals surface area contributed by atoms with E-state index in [1.54, 1.807) is 12.3 Å². The summed E-state index contributed by atoms with van der Waals surface area (Å²) in [5.74, 6) is 3.84. The van der Waals surface area contributed by atoms with Gasteiger partial charge in [-0.3, -0.25) is 0 Å². The summed E-state index contributed by atoms with van der Waals surface area (Å²) in [5.41, 5.74) is 1.56. The molecule has 0 N–H and O–H groups in total. The number of rotatable bonds is 5. The zero-order valence-electron chi connectivity index (χ0n) is 14.0. The maximum atomic E-state index is 5.63. The lowest BCUT2D eigenvalue weighted by atomic mass is 10.2. The molecule has 5 rings (SSSR count). The number of aromatic nitrogens is 4. The van der Waals surface area contributed by atoms with Crippen molar-refractivity contribution in [2.75, 3.05) is 6.79 Å². The van der Waals surface area contributed by atoms with E-state index in [4.69, 9.17) is 22.8 Å². The fraction of sp³-hybridized carbons (Fsp3) is 0.176. The normalized spacial score (nSPS) is 12.6. The molecule has 0 bridgehead atoms. The number of furan rings is 1. The molecule has 0 amide bonds. The van der Waals surface area contributed by atoms with Crippen LogP contribution in [0, 0.1) is 6.92 Å². The molecule has 1 aliphatic heterocycles. The summed E-state index contributed by atoms with van der Waals surface area (Å²) < 4.78 is 26.8. The molecule has 136 valence electrons. The summed E-state index contributed by atoms with van der Waals surface area (Å²) in [6.45, 7) is 2.06. The van der Waals surface area contributed by atoms with Gasteiger partial charge in [-0.2, -0.15) is 4.98 Å². The molecule has 27 heavy (non-hydrogen) atoms. The molecule has 0 unspecified atom stereocenters. The summed E-state index contributed by atoms with van der Waals surface area (Å²) in [6.07, 6.45) is 1.58. The van der Waals surface area contributed by atoms with Crippen LogP contribution in [0.1, 0.15) is 11.7 Å². The first-order valence-electron chi connectivity index (χ1n) is 7.99. The molecule has 9 nitrogen and oxygen atoms in total. The van der Waals surface area contributed by atoms with Crippen LogP contribution in [0.15, 0.2) is 49.1 Å². The Morgan fingerprint density at radius 3 is 2.93 bits per heavy atom. The molecule has 0 atom stereocenters. The summed E-state index contributed by atoms with van der Waals surface area (Å²) in [4.78, 5) is 4.39. The highest BCUT2D eigenvalue weighted by Crippen LogP contribution is 2.35. The summed E-state index contributed by atoms with van der Waals surface area (Å²) >= 11 is 1.31. The van der Waals surface area contributed by atoms with E-state index < -0.39 is 0 Å². The molecule has 3 aromatic heterocycles. The van der Waals surface area contributed by atoms with Gasteiger partial charge in [0.15, 0.2) is 11.5 Å².